The van der Waals surface area contributed by atoms with Crippen LogP contribution in [0.5, 0.6) is 5.75 Å². The maximum atomic E-state index is 10.9. The molecule has 0 atom stereocenters. The molecular formula is C18H16N4O3S. The summed E-state index contributed by atoms with van der Waals surface area (Å²) in [5.41, 5.74) is 5.05. The third-order valence-corrected chi connectivity index (χ3v) is 4.14. The van der Waals surface area contributed by atoms with Crippen molar-refractivity contribution in [2.24, 2.45) is 5.10 Å². The number of nitrogens with zero attached hydrogens (tertiary/aromatic N) is 3. The van der Waals surface area contributed by atoms with Crippen LogP contribution >= 0.6 is 11.3 Å². The molecule has 0 radical (unpaired) electrons. The lowest BCUT2D eigenvalue weighted by atomic mass is 10.1. The van der Waals surface area contributed by atoms with E-state index in [1.165, 1.54) is 23.5 Å². The van der Waals surface area contributed by atoms with Gasteiger partial charge in [-0.2, -0.15) is 5.10 Å². The molecule has 1 heterocycles. The number of nitro benzene ring substituents is 1. The molecule has 3 rings (SSSR count). The Morgan fingerprint density at radius 2 is 2.08 bits per heavy atom. The Hall–Kier alpha value is -3.26. The third kappa shape index (κ3) is 4.64. The first kappa shape index (κ1) is 17.6. The monoisotopic (exact) mass is 368 g/mol. The molecule has 0 aliphatic heterocycles. The summed E-state index contributed by atoms with van der Waals surface area (Å²) in [7, 11) is 0. The number of hydrogen-bond donors (Lipinski definition) is 1. The summed E-state index contributed by atoms with van der Waals surface area (Å²) in [5, 5.41) is 17.5. The second kappa shape index (κ2) is 8.21. The van der Waals surface area contributed by atoms with Gasteiger partial charge in [-0.25, -0.2) is 4.98 Å². The SMILES string of the molecule is C/C(COc1ccccc1)=N\Nc1nc(-c2cccc([N+](=O)[O-])c2)cs1. The molecule has 0 aliphatic rings. The number of rotatable bonds is 7. The number of non-ortho nitro benzene ring substituents is 1. The molecule has 0 spiro atoms. The standard InChI is InChI=1S/C18H16N4O3S/c1-13(11-25-16-8-3-2-4-9-16)20-21-18-19-17(12-26-18)14-6-5-7-15(10-14)22(23)24/h2-10,12H,11H2,1H3,(H,19,21)/b20-13+. The minimum absolute atomic E-state index is 0.0388. The quantitative estimate of drug-likeness (QED) is 0.374. The van der Waals surface area contributed by atoms with Crippen LogP contribution in [0.2, 0.25) is 0 Å². The van der Waals surface area contributed by atoms with Gasteiger partial charge in [-0.15, -0.1) is 11.3 Å². The number of anilines is 1. The highest BCUT2D eigenvalue weighted by molar-refractivity contribution is 7.14. The molecule has 0 bridgehead atoms. The van der Waals surface area contributed by atoms with Crippen LogP contribution in [0.3, 0.4) is 0 Å². The number of hydrogen-bond acceptors (Lipinski definition) is 7. The van der Waals surface area contributed by atoms with Crippen LogP contribution in [0.15, 0.2) is 65.1 Å². The van der Waals surface area contributed by atoms with E-state index in [0.717, 1.165) is 11.5 Å². The summed E-state index contributed by atoms with van der Waals surface area (Å²) in [5.74, 6) is 0.782. The van der Waals surface area contributed by atoms with Crippen LogP contribution in [0.1, 0.15) is 6.92 Å². The molecule has 8 heteroatoms. The van der Waals surface area contributed by atoms with Crippen molar-refractivity contribution in [1.29, 1.82) is 0 Å². The van der Waals surface area contributed by atoms with Crippen LogP contribution in [0.4, 0.5) is 10.8 Å². The minimum atomic E-state index is -0.421. The number of aromatic nitrogens is 1. The number of benzene rings is 2. The van der Waals surface area contributed by atoms with Gasteiger partial charge in [0.25, 0.3) is 5.69 Å². The van der Waals surface area contributed by atoms with Gasteiger partial charge in [0.15, 0.2) is 0 Å². The van der Waals surface area contributed by atoms with E-state index in [-0.39, 0.29) is 5.69 Å². The molecule has 1 aromatic heterocycles. The van der Waals surface area contributed by atoms with E-state index in [0.29, 0.717) is 23.0 Å². The lowest BCUT2D eigenvalue weighted by Gasteiger charge is -2.05. The average Bonchev–Trinajstić information content (AvgIpc) is 3.15. The molecule has 0 saturated carbocycles. The number of ether oxygens (including phenoxy) is 1. The van der Waals surface area contributed by atoms with Gasteiger partial charge in [0.1, 0.15) is 12.4 Å². The molecule has 1 N–H and O–H groups in total. The van der Waals surface area contributed by atoms with E-state index in [2.05, 4.69) is 15.5 Å². The lowest BCUT2D eigenvalue weighted by Crippen LogP contribution is -2.09. The third-order valence-electron chi connectivity index (χ3n) is 3.39. The van der Waals surface area contributed by atoms with E-state index in [4.69, 9.17) is 4.74 Å². The molecule has 3 aromatic rings. The highest BCUT2D eigenvalue weighted by Gasteiger charge is 2.09. The Kier molecular flexibility index (Phi) is 5.55. The molecule has 0 amide bonds. The first-order valence-electron chi connectivity index (χ1n) is 7.79. The molecule has 26 heavy (non-hydrogen) atoms. The highest BCUT2D eigenvalue weighted by Crippen LogP contribution is 2.27. The fourth-order valence-corrected chi connectivity index (χ4v) is 2.78. The summed E-state index contributed by atoms with van der Waals surface area (Å²) in [6, 6.07) is 15.9. The van der Waals surface area contributed by atoms with Gasteiger partial charge < -0.3 is 4.74 Å². The highest BCUT2D eigenvalue weighted by atomic mass is 32.1. The number of nitro groups is 1. The van der Waals surface area contributed by atoms with Gasteiger partial charge in [-0.1, -0.05) is 30.3 Å². The smallest absolute Gasteiger partial charge is 0.270 e. The fourth-order valence-electron chi connectivity index (χ4n) is 2.12. The van der Waals surface area contributed by atoms with Gasteiger partial charge in [0.05, 0.1) is 16.3 Å². The van der Waals surface area contributed by atoms with Crippen molar-refractivity contribution in [3.8, 4) is 17.0 Å². The van der Waals surface area contributed by atoms with Crippen LogP contribution < -0.4 is 10.2 Å². The normalized spacial score (nSPS) is 11.2. The Balaban J connectivity index is 1.61. The van der Waals surface area contributed by atoms with Crippen molar-refractivity contribution >= 4 is 27.9 Å². The van der Waals surface area contributed by atoms with Gasteiger partial charge in [0.2, 0.25) is 5.13 Å². The van der Waals surface area contributed by atoms with Gasteiger partial charge in [-0.05, 0) is 19.1 Å². The Morgan fingerprint density at radius 3 is 2.85 bits per heavy atom. The summed E-state index contributed by atoms with van der Waals surface area (Å²) in [6.07, 6.45) is 0. The minimum Gasteiger partial charge on any atom is -0.488 e. The van der Waals surface area contributed by atoms with Crippen LogP contribution in [0, 0.1) is 10.1 Å². The first-order valence-corrected chi connectivity index (χ1v) is 8.67. The summed E-state index contributed by atoms with van der Waals surface area (Å²) >= 11 is 1.38. The second-order valence-corrected chi connectivity index (χ2v) is 6.26. The zero-order chi connectivity index (χ0) is 18.4. The van der Waals surface area contributed by atoms with Crippen molar-refractivity contribution < 1.29 is 9.66 Å². The molecule has 7 nitrogen and oxygen atoms in total. The molecule has 132 valence electrons. The fraction of sp³-hybridized carbons (Fsp3) is 0.111. The molecule has 0 saturated heterocycles. The maximum absolute atomic E-state index is 10.9. The van der Waals surface area contributed by atoms with E-state index < -0.39 is 4.92 Å². The van der Waals surface area contributed by atoms with Gasteiger partial charge >= 0.3 is 0 Å². The molecule has 0 aliphatic carbocycles. The average molecular weight is 368 g/mol. The van der Waals surface area contributed by atoms with Crippen molar-refractivity contribution in [2.45, 2.75) is 6.92 Å². The maximum Gasteiger partial charge on any atom is 0.270 e. The van der Waals surface area contributed by atoms with E-state index in [1.54, 1.807) is 12.1 Å². The number of para-hydroxylation sites is 1. The van der Waals surface area contributed by atoms with Crippen LogP contribution in [-0.4, -0.2) is 22.2 Å². The van der Waals surface area contributed by atoms with Crippen molar-refractivity contribution in [3.05, 3.63) is 70.1 Å². The van der Waals surface area contributed by atoms with E-state index in [9.17, 15) is 10.1 Å². The number of hydrazone groups is 1. The van der Waals surface area contributed by atoms with Gasteiger partial charge in [-0.3, -0.25) is 15.5 Å². The van der Waals surface area contributed by atoms with E-state index in [1.807, 2.05) is 42.6 Å². The topological polar surface area (TPSA) is 89.7 Å². The summed E-state index contributed by atoms with van der Waals surface area (Å²) in [4.78, 5) is 14.9. The van der Waals surface area contributed by atoms with Crippen molar-refractivity contribution in [2.75, 3.05) is 12.0 Å². The molecule has 0 fully saturated rings. The zero-order valence-corrected chi connectivity index (χ0v) is 14.8. The van der Waals surface area contributed by atoms with Crippen LogP contribution in [-0.2, 0) is 0 Å². The van der Waals surface area contributed by atoms with Crippen molar-refractivity contribution in [3.63, 3.8) is 0 Å². The summed E-state index contributed by atoms with van der Waals surface area (Å²) < 4.78 is 5.61. The van der Waals surface area contributed by atoms with Crippen LogP contribution in [0.25, 0.3) is 11.3 Å². The van der Waals surface area contributed by atoms with E-state index >= 15 is 0 Å². The Labute approximate surface area is 154 Å². The predicted molar refractivity (Wildman–Crippen MR) is 103 cm³/mol. The molecular weight excluding hydrogens is 352 g/mol. The summed E-state index contributed by atoms with van der Waals surface area (Å²) in [6.45, 7) is 2.21. The second-order valence-electron chi connectivity index (χ2n) is 5.41. The number of thiazole rings is 1. The lowest BCUT2D eigenvalue weighted by molar-refractivity contribution is -0.384. The van der Waals surface area contributed by atoms with Gasteiger partial charge in [0, 0.05) is 23.1 Å². The molecule has 0 unspecified atom stereocenters. The Bertz CT molecular complexity index is 925. The predicted octanol–water partition coefficient (Wildman–Crippen LogP) is 4.59. The Morgan fingerprint density at radius 1 is 1.27 bits per heavy atom. The zero-order valence-electron chi connectivity index (χ0n) is 14.0. The largest absolute Gasteiger partial charge is 0.488 e. The molecule has 2 aromatic carbocycles. The number of nitrogens with one attached hydrogen (secondary N) is 1. The van der Waals surface area contributed by atoms with Crippen molar-refractivity contribution in [1.82, 2.24) is 4.98 Å². The first-order chi connectivity index (χ1) is 12.6.